The van der Waals surface area contributed by atoms with E-state index in [-0.39, 0.29) is 0 Å². The average Bonchev–Trinajstić information content (AvgIpc) is 2.18. The molecule has 1 rings (SSSR count). The predicted molar refractivity (Wildman–Crippen MR) is 51.5 cm³/mol. The summed E-state index contributed by atoms with van der Waals surface area (Å²) in [4.78, 5) is 0. The number of hydrogen-bond donors (Lipinski definition) is 1. The Morgan fingerprint density at radius 3 is 2.92 bits per heavy atom. The lowest BCUT2D eigenvalue weighted by Crippen LogP contribution is -2.38. The smallest absolute Gasteiger partial charge is 0.334 e. The Kier molecular flexibility index (Phi) is 4.21. The van der Waals surface area contributed by atoms with Crippen LogP contribution in [0.3, 0.4) is 0 Å². The molecule has 12 heavy (non-hydrogen) atoms. The normalized spacial score (nSPS) is 33.5. The van der Waals surface area contributed by atoms with E-state index in [0.717, 1.165) is 25.7 Å². The van der Waals surface area contributed by atoms with Crippen molar-refractivity contribution in [1.29, 1.82) is 0 Å². The molecular formula is C8H19NO2Si. The molecule has 0 aliphatic carbocycles. The van der Waals surface area contributed by atoms with Crippen LogP contribution in [0.2, 0.25) is 12.6 Å². The van der Waals surface area contributed by atoms with E-state index in [4.69, 9.17) is 8.85 Å². The standard InChI is InChI=1S/C8H19NO2Si/c1-10-12(2)8-4-3-5-9-6-7-11-12/h9H,3-8H2,1-2H3. The highest BCUT2D eigenvalue weighted by Gasteiger charge is 2.29. The first-order chi connectivity index (χ1) is 5.77. The first-order valence-corrected chi connectivity index (χ1v) is 7.19. The van der Waals surface area contributed by atoms with Crippen LogP contribution >= 0.6 is 0 Å². The van der Waals surface area contributed by atoms with Gasteiger partial charge in [-0.25, -0.2) is 0 Å². The molecule has 1 aliphatic rings. The Hall–Kier alpha value is 0.0969. The zero-order valence-corrected chi connectivity index (χ0v) is 9.06. The Balaban J connectivity index is 2.38. The molecule has 0 spiro atoms. The monoisotopic (exact) mass is 189 g/mol. The molecule has 0 saturated carbocycles. The molecule has 0 aromatic carbocycles. The van der Waals surface area contributed by atoms with Crippen LogP contribution in [0, 0.1) is 0 Å². The van der Waals surface area contributed by atoms with Crippen molar-refractivity contribution in [3.8, 4) is 0 Å². The maximum atomic E-state index is 5.75. The van der Waals surface area contributed by atoms with E-state index >= 15 is 0 Å². The minimum Gasteiger partial charge on any atom is -0.398 e. The summed E-state index contributed by atoms with van der Waals surface area (Å²) in [6.07, 6.45) is 2.47. The zero-order valence-electron chi connectivity index (χ0n) is 8.06. The van der Waals surface area contributed by atoms with Gasteiger partial charge in [0.1, 0.15) is 0 Å². The van der Waals surface area contributed by atoms with Crippen molar-refractivity contribution in [2.24, 2.45) is 0 Å². The van der Waals surface area contributed by atoms with Gasteiger partial charge in [0.05, 0.1) is 0 Å². The SMILES string of the molecule is CO[Si]1(C)CCCCNCCO1. The van der Waals surface area contributed by atoms with Crippen LogP contribution in [-0.4, -0.2) is 35.4 Å². The molecular weight excluding hydrogens is 170 g/mol. The van der Waals surface area contributed by atoms with Gasteiger partial charge in [0.2, 0.25) is 0 Å². The Labute approximate surface area is 75.7 Å². The molecule has 0 aromatic heterocycles. The van der Waals surface area contributed by atoms with Crippen molar-refractivity contribution in [2.45, 2.75) is 25.4 Å². The Bertz CT molecular complexity index is 122. The van der Waals surface area contributed by atoms with Gasteiger partial charge in [-0.1, -0.05) is 6.42 Å². The topological polar surface area (TPSA) is 30.5 Å². The lowest BCUT2D eigenvalue weighted by atomic mass is 10.3. The molecule has 1 heterocycles. The van der Waals surface area contributed by atoms with E-state index < -0.39 is 8.56 Å². The molecule has 0 bridgehead atoms. The van der Waals surface area contributed by atoms with Gasteiger partial charge in [-0.2, -0.15) is 0 Å². The maximum Gasteiger partial charge on any atom is 0.334 e. The van der Waals surface area contributed by atoms with Crippen LogP contribution < -0.4 is 5.32 Å². The molecule has 1 fully saturated rings. The fourth-order valence-electron chi connectivity index (χ4n) is 1.39. The first kappa shape index (κ1) is 10.2. The van der Waals surface area contributed by atoms with Gasteiger partial charge in [-0.15, -0.1) is 0 Å². The van der Waals surface area contributed by atoms with E-state index in [1.165, 1.54) is 12.8 Å². The van der Waals surface area contributed by atoms with E-state index in [1.807, 2.05) is 0 Å². The van der Waals surface area contributed by atoms with Crippen molar-refractivity contribution >= 4 is 8.56 Å². The summed E-state index contributed by atoms with van der Waals surface area (Å²) in [5.41, 5.74) is 0. The van der Waals surface area contributed by atoms with Crippen LogP contribution in [0.15, 0.2) is 0 Å². The summed E-state index contributed by atoms with van der Waals surface area (Å²) in [6, 6.07) is 1.13. The highest BCUT2D eigenvalue weighted by atomic mass is 28.4. The molecule has 1 aliphatic heterocycles. The van der Waals surface area contributed by atoms with E-state index in [1.54, 1.807) is 7.11 Å². The van der Waals surface area contributed by atoms with Crippen molar-refractivity contribution in [1.82, 2.24) is 5.32 Å². The number of nitrogens with one attached hydrogen (secondary N) is 1. The lowest BCUT2D eigenvalue weighted by Gasteiger charge is -2.23. The second-order valence-electron chi connectivity index (χ2n) is 3.39. The Morgan fingerprint density at radius 1 is 1.33 bits per heavy atom. The second kappa shape index (κ2) is 4.96. The van der Waals surface area contributed by atoms with Crippen molar-refractivity contribution in [3.63, 3.8) is 0 Å². The van der Waals surface area contributed by atoms with Crippen molar-refractivity contribution < 1.29 is 8.85 Å². The van der Waals surface area contributed by atoms with Crippen LogP contribution in [0.1, 0.15) is 12.8 Å². The van der Waals surface area contributed by atoms with Gasteiger partial charge in [0, 0.05) is 20.3 Å². The van der Waals surface area contributed by atoms with Crippen LogP contribution in [0.25, 0.3) is 0 Å². The summed E-state index contributed by atoms with van der Waals surface area (Å²) < 4.78 is 11.2. The summed E-state index contributed by atoms with van der Waals surface area (Å²) in [5, 5.41) is 3.33. The molecule has 1 N–H and O–H groups in total. The average molecular weight is 189 g/mol. The fraction of sp³-hybridized carbons (Fsp3) is 1.00. The molecule has 72 valence electrons. The first-order valence-electron chi connectivity index (χ1n) is 4.67. The summed E-state index contributed by atoms with van der Waals surface area (Å²) in [6.45, 7) is 5.04. The van der Waals surface area contributed by atoms with Gasteiger partial charge in [0.25, 0.3) is 0 Å². The van der Waals surface area contributed by atoms with Gasteiger partial charge >= 0.3 is 8.56 Å². The molecule has 1 unspecified atom stereocenters. The van der Waals surface area contributed by atoms with Gasteiger partial charge in [0.15, 0.2) is 0 Å². The summed E-state index contributed by atoms with van der Waals surface area (Å²) >= 11 is 0. The predicted octanol–water partition coefficient (Wildman–Crippen LogP) is 1.10. The molecule has 3 nitrogen and oxygen atoms in total. The highest BCUT2D eigenvalue weighted by Crippen LogP contribution is 2.16. The minimum atomic E-state index is -1.77. The van der Waals surface area contributed by atoms with Crippen LogP contribution in [-0.2, 0) is 8.85 Å². The van der Waals surface area contributed by atoms with Crippen LogP contribution in [0.4, 0.5) is 0 Å². The third-order valence-electron chi connectivity index (χ3n) is 2.35. The molecule has 0 amide bonds. The lowest BCUT2D eigenvalue weighted by molar-refractivity contribution is 0.207. The maximum absolute atomic E-state index is 5.75. The van der Waals surface area contributed by atoms with Crippen molar-refractivity contribution in [3.05, 3.63) is 0 Å². The summed E-state index contributed by atoms with van der Waals surface area (Å²) in [5.74, 6) is 0. The zero-order chi connectivity index (χ0) is 8.86. The quantitative estimate of drug-likeness (QED) is 0.627. The summed E-state index contributed by atoms with van der Waals surface area (Å²) in [7, 11) is 0.0100. The fourth-order valence-corrected chi connectivity index (χ4v) is 3.29. The van der Waals surface area contributed by atoms with Crippen LogP contribution in [0.5, 0.6) is 0 Å². The minimum absolute atomic E-state index is 0.802. The molecule has 0 aromatic rings. The van der Waals surface area contributed by atoms with Crippen molar-refractivity contribution in [2.75, 3.05) is 26.8 Å². The third-order valence-corrected chi connectivity index (χ3v) is 5.29. The second-order valence-corrected chi connectivity index (χ2v) is 6.86. The van der Waals surface area contributed by atoms with E-state index in [9.17, 15) is 0 Å². The molecule has 4 heteroatoms. The largest absolute Gasteiger partial charge is 0.398 e. The molecule has 1 atom stereocenters. The van der Waals surface area contributed by atoms with Gasteiger partial charge < -0.3 is 14.2 Å². The van der Waals surface area contributed by atoms with Gasteiger partial charge in [-0.3, -0.25) is 0 Å². The van der Waals surface area contributed by atoms with Gasteiger partial charge in [-0.05, 0) is 25.6 Å². The number of rotatable bonds is 1. The Morgan fingerprint density at radius 2 is 2.17 bits per heavy atom. The molecule has 1 saturated heterocycles. The molecule has 0 radical (unpaired) electrons. The van der Waals surface area contributed by atoms with E-state index in [0.29, 0.717) is 0 Å². The third kappa shape index (κ3) is 3.22. The van der Waals surface area contributed by atoms with E-state index in [2.05, 4.69) is 11.9 Å². The highest BCUT2D eigenvalue weighted by molar-refractivity contribution is 6.65. The number of hydrogen-bond acceptors (Lipinski definition) is 3.